The second-order valence-electron chi connectivity index (χ2n) is 4.40. The zero-order chi connectivity index (χ0) is 18.3. The Labute approximate surface area is 149 Å². The van der Waals surface area contributed by atoms with Gasteiger partial charge in [0.25, 0.3) is 0 Å². The zero-order valence-corrected chi connectivity index (χ0v) is 14.5. The van der Waals surface area contributed by atoms with E-state index < -0.39 is 5.91 Å². The van der Waals surface area contributed by atoms with Gasteiger partial charge in [0.2, 0.25) is 5.91 Å². The summed E-state index contributed by atoms with van der Waals surface area (Å²) < 4.78 is 9.99. The van der Waals surface area contributed by atoms with E-state index >= 15 is 0 Å². The minimum atomic E-state index is -0.485. The fourth-order valence-electron chi connectivity index (χ4n) is 1.69. The first kappa shape index (κ1) is 19.6. The van der Waals surface area contributed by atoms with Gasteiger partial charge < -0.3 is 25.7 Å². The summed E-state index contributed by atoms with van der Waals surface area (Å²) in [4.78, 5) is 10.8. The van der Waals surface area contributed by atoms with Gasteiger partial charge in [0.05, 0.1) is 19.2 Å². The molecule has 6 nitrogen and oxygen atoms in total. The van der Waals surface area contributed by atoms with Crippen LogP contribution < -0.4 is 15.2 Å². The number of nitrogens with one attached hydrogen (secondary N) is 1. The van der Waals surface area contributed by atoms with Gasteiger partial charge in [0.1, 0.15) is 5.75 Å². The largest absolute Gasteiger partial charge is 0.506 e. The second kappa shape index (κ2) is 9.00. The zero-order valence-electron chi connectivity index (χ0n) is 13.0. The Morgan fingerprint density at radius 2 is 1.79 bits per heavy atom. The highest BCUT2D eigenvalue weighted by Crippen LogP contribution is 2.29. The molecule has 0 aromatic heterocycles. The molecule has 8 heteroatoms. The van der Waals surface area contributed by atoms with Crippen molar-refractivity contribution in [1.29, 1.82) is 5.41 Å². The Morgan fingerprint density at radius 1 is 1.17 bits per heavy atom. The van der Waals surface area contributed by atoms with Gasteiger partial charge in [-0.15, -0.1) is 0 Å². The molecule has 0 atom stereocenters. The molecule has 0 aliphatic heterocycles. The lowest BCUT2D eigenvalue weighted by molar-refractivity contribution is 0.1000. The Bertz CT molecular complexity index is 751. The molecular weight excluding hydrogens is 355 g/mol. The molecule has 0 radical (unpaired) electrons. The fraction of sp³-hybridized carbons (Fsp3) is 0.125. The molecule has 0 saturated heterocycles. The van der Waals surface area contributed by atoms with Gasteiger partial charge in [-0.2, -0.15) is 0 Å². The van der Waals surface area contributed by atoms with Crippen LogP contribution in [0.3, 0.4) is 0 Å². The molecular formula is C16H16Cl2N2O4. The topological polar surface area (TPSA) is 106 Å². The van der Waals surface area contributed by atoms with Crippen molar-refractivity contribution in [3.8, 4) is 17.2 Å². The second-order valence-corrected chi connectivity index (χ2v) is 5.25. The smallest absolute Gasteiger partial charge is 0.248 e. The van der Waals surface area contributed by atoms with Gasteiger partial charge in [0.15, 0.2) is 11.5 Å². The summed E-state index contributed by atoms with van der Waals surface area (Å²) >= 11 is 11.2. The van der Waals surface area contributed by atoms with Gasteiger partial charge in [-0.05, 0) is 30.3 Å². The first-order chi connectivity index (χ1) is 11.3. The number of ether oxygens (including phenoxy) is 2. The van der Waals surface area contributed by atoms with Gasteiger partial charge in [0, 0.05) is 22.4 Å². The quantitative estimate of drug-likeness (QED) is 0.715. The number of phenols is 1. The summed E-state index contributed by atoms with van der Waals surface area (Å²) in [5.41, 5.74) is 5.82. The number of primary amides is 1. The maximum atomic E-state index is 10.8. The van der Waals surface area contributed by atoms with E-state index in [0.717, 1.165) is 6.21 Å². The molecule has 2 aromatic carbocycles. The normalized spacial score (nSPS) is 9.50. The van der Waals surface area contributed by atoms with Crippen LogP contribution in [0, 0.1) is 5.41 Å². The summed E-state index contributed by atoms with van der Waals surface area (Å²) in [5.74, 6) is 0.485. The number of nitrogens with two attached hydrogens (primary N) is 1. The first-order valence-electron chi connectivity index (χ1n) is 6.54. The van der Waals surface area contributed by atoms with Crippen molar-refractivity contribution in [2.24, 2.45) is 5.73 Å². The van der Waals surface area contributed by atoms with E-state index in [-0.39, 0.29) is 10.8 Å². The predicted octanol–water partition coefficient (Wildman–Crippen LogP) is 3.50. The van der Waals surface area contributed by atoms with Crippen LogP contribution in [0.2, 0.25) is 10.0 Å². The van der Waals surface area contributed by atoms with Crippen LogP contribution in [0.4, 0.5) is 0 Å². The van der Waals surface area contributed by atoms with Gasteiger partial charge in [-0.25, -0.2) is 0 Å². The van der Waals surface area contributed by atoms with E-state index in [1.807, 2.05) is 0 Å². The van der Waals surface area contributed by atoms with Crippen molar-refractivity contribution in [3.05, 3.63) is 51.5 Å². The minimum Gasteiger partial charge on any atom is -0.506 e. The van der Waals surface area contributed by atoms with Crippen molar-refractivity contribution >= 4 is 35.3 Å². The summed E-state index contributed by atoms with van der Waals surface area (Å²) in [6, 6.07) is 7.66. The Hall–Kier alpha value is -2.44. The summed E-state index contributed by atoms with van der Waals surface area (Å²) in [5, 5.41) is 16.6. The van der Waals surface area contributed by atoms with Crippen LogP contribution in [0.1, 0.15) is 15.9 Å². The number of methoxy groups -OCH3 is 2. The van der Waals surface area contributed by atoms with E-state index in [4.69, 9.17) is 43.8 Å². The van der Waals surface area contributed by atoms with E-state index in [2.05, 4.69) is 0 Å². The highest BCUT2D eigenvalue weighted by Gasteiger charge is 2.07. The highest BCUT2D eigenvalue weighted by molar-refractivity contribution is 6.36. The van der Waals surface area contributed by atoms with Gasteiger partial charge in [-0.3, -0.25) is 4.79 Å². The van der Waals surface area contributed by atoms with Crippen LogP contribution >= 0.6 is 23.2 Å². The molecule has 24 heavy (non-hydrogen) atoms. The van der Waals surface area contributed by atoms with Crippen molar-refractivity contribution in [2.75, 3.05) is 14.2 Å². The van der Waals surface area contributed by atoms with E-state index in [1.165, 1.54) is 26.4 Å². The monoisotopic (exact) mass is 370 g/mol. The molecule has 2 rings (SSSR count). The van der Waals surface area contributed by atoms with Crippen LogP contribution in [-0.2, 0) is 0 Å². The standard InChI is InChI=1S/C9H11NO3.C7H5Cl2NO/c1-12-7-4-3-6(9(10)11)5-8(7)13-2;8-5-1-4(3-10)7(11)6(9)2-5/h3-5H,1-2H3,(H2,10,11);1-3,10-11H. The summed E-state index contributed by atoms with van der Waals surface area (Å²) in [6.45, 7) is 0. The highest BCUT2D eigenvalue weighted by atomic mass is 35.5. The summed E-state index contributed by atoms with van der Waals surface area (Å²) in [6.07, 6.45) is 0.993. The molecule has 0 spiro atoms. The average Bonchev–Trinajstić information content (AvgIpc) is 2.57. The SMILES string of the molecule is COc1ccc(C(N)=O)cc1OC.N=Cc1cc(Cl)cc(Cl)c1O. The Balaban J connectivity index is 0.000000243. The molecule has 1 amide bonds. The van der Waals surface area contributed by atoms with Gasteiger partial charge >= 0.3 is 0 Å². The molecule has 0 unspecified atom stereocenters. The van der Waals surface area contributed by atoms with E-state index in [0.29, 0.717) is 27.6 Å². The molecule has 2 aromatic rings. The third-order valence-corrected chi connectivity index (χ3v) is 3.39. The first-order valence-corrected chi connectivity index (χ1v) is 7.30. The molecule has 0 heterocycles. The number of aromatic hydroxyl groups is 1. The van der Waals surface area contributed by atoms with Crippen LogP contribution in [0.5, 0.6) is 17.2 Å². The summed E-state index contributed by atoms with van der Waals surface area (Å²) in [7, 11) is 3.03. The van der Waals surface area contributed by atoms with Crippen LogP contribution in [-0.4, -0.2) is 31.4 Å². The van der Waals surface area contributed by atoms with Crippen molar-refractivity contribution < 1.29 is 19.4 Å². The number of halogens is 2. The lowest BCUT2D eigenvalue weighted by Gasteiger charge is -2.07. The number of carbonyl (C=O) groups is 1. The number of amides is 1. The maximum Gasteiger partial charge on any atom is 0.248 e. The lowest BCUT2D eigenvalue weighted by atomic mass is 10.2. The van der Waals surface area contributed by atoms with Crippen molar-refractivity contribution in [3.63, 3.8) is 0 Å². The molecule has 0 aliphatic rings. The molecule has 4 N–H and O–H groups in total. The Kier molecular flexibility index (Phi) is 7.35. The molecule has 128 valence electrons. The Morgan fingerprint density at radius 3 is 2.29 bits per heavy atom. The van der Waals surface area contributed by atoms with Gasteiger partial charge in [-0.1, -0.05) is 23.2 Å². The number of rotatable bonds is 4. The van der Waals surface area contributed by atoms with Crippen molar-refractivity contribution in [1.82, 2.24) is 0 Å². The molecule has 0 saturated carbocycles. The third kappa shape index (κ3) is 5.04. The van der Waals surface area contributed by atoms with Crippen LogP contribution in [0.15, 0.2) is 30.3 Å². The van der Waals surface area contributed by atoms with Crippen molar-refractivity contribution in [2.45, 2.75) is 0 Å². The average molecular weight is 371 g/mol. The molecule has 0 fully saturated rings. The van der Waals surface area contributed by atoms with E-state index in [1.54, 1.807) is 18.2 Å². The predicted molar refractivity (Wildman–Crippen MR) is 94.1 cm³/mol. The third-order valence-electron chi connectivity index (χ3n) is 2.88. The fourth-order valence-corrected chi connectivity index (χ4v) is 2.19. The lowest BCUT2D eigenvalue weighted by Crippen LogP contribution is -2.10. The van der Waals surface area contributed by atoms with E-state index in [9.17, 15) is 9.90 Å². The number of carbonyl (C=O) groups excluding carboxylic acids is 1. The number of hydrogen-bond acceptors (Lipinski definition) is 5. The molecule has 0 aliphatic carbocycles. The number of benzene rings is 2. The van der Waals surface area contributed by atoms with Crippen LogP contribution in [0.25, 0.3) is 0 Å². The minimum absolute atomic E-state index is 0.105. The maximum absolute atomic E-state index is 10.8. The number of hydrogen-bond donors (Lipinski definition) is 3. The molecule has 0 bridgehead atoms. The number of phenolic OH excluding ortho intramolecular Hbond substituents is 1.